The van der Waals surface area contributed by atoms with Crippen molar-refractivity contribution in [2.75, 3.05) is 14.2 Å². The fourth-order valence-electron chi connectivity index (χ4n) is 2.48. The molecule has 0 saturated carbocycles. The van der Waals surface area contributed by atoms with Gasteiger partial charge in [-0.05, 0) is 36.6 Å². The van der Waals surface area contributed by atoms with Crippen molar-refractivity contribution < 1.29 is 14.3 Å². The van der Waals surface area contributed by atoms with E-state index in [2.05, 4.69) is 11.4 Å². The molecule has 0 heterocycles. The Morgan fingerprint density at radius 2 is 1.80 bits per heavy atom. The number of hydrogen-bond acceptors (Lipinski definition) is 4. The molecule has 0 aliphatic carbocycles. The summed E-state index contributed by atoms with van der Waals surface area (Å²) in [5.41, 5.74) is 2.87. The summed E-state index contributed by atoms with van der Waals surface area (Å²) < 4.78 is 10.5. The average molecular weight is 338 g/mol. The first-order valence-corrected chi connectivity index (χ1v) is 8.04. The van der Waals surface area contributed by atoms with Crippen LogP contribution in [0, 0.1) is 18.3 Å². The number of nitrogens with zero attached hydrogens (tertiary/aromatic N) is 1. The van der Waals surface area contributed by atoms with Crippen LogP contribution < -0.4 is 14.8 Å². The largest absolute Gasteiger partial charge is 0.493 e. The van der Waals surface area contributed by atoms with Crippen LogP contribution in [-0.2, 0) is 11.2 Å². The van der Waals surface area contributed by atoms with Gasteiger partial charge in [0.15, 0.2) is 11.5 Å². The van der Waals surface area contributed by atoms with Gasteiger partial charge in [-0.1, -0.05) is 35.9 Å². The van der Waals surface area contributed by atoms with Crippen LogP contribution in [0.4, 0.5) is 0 Å². The lowest BCUT2D eigenvalue weighted by molar-refractivity contribution is -0.121. The van der Waals surface area contributed by atoms with E-state index in [4.69, 9.17) is 9.47 Å². The fraction of sp³-hybridized carbons (Fsp3) is 0.300. The van der Waals surface area contributed by atoms with Gasteiger partial charge >= 0.3 is 0 Å². The number of amides is 1. The summed E-state index contributed by atoms with van der Waals surface area (Å²) in [5.74, 6) is 1.12. The van der Waals surface area contributed by atoms with Gasteiger partial charge in [-0.25, -0.2) is 0 Å². The number of benzene rings is 2. The average Bonchev–Trinajstić information content (AvgIpc) is 2.64. The lowest BCUT2D eigenvalue weighted by Gasteiger charge is -2.13. The first kappa shape index (κ1) is 18.3. The minimum atomic E-state index is -0.640. The topological polar surface area (TPSA) is 71.3 Å². The molecule has 2 aromatic rings. The van der Waals surface area contributed by atoms with Gasteiger partial charge in [-0.3, -0.25) is 4.79 Å². The third-order valence-corrected chi connectivity index (χ3v) is 3.93. The number of carbonyl (C=O) groups is 1. The Bertz CT molecular complexity index is 764. The maximum atomic E-state index is 12.2. The molecule has 0 aromatic heterocycles. The van der Waals surface area contributed by atoms with Gasteiger partial charge in [0.05, 0.1) is 20.3 Å². The number of aryl methyl sites for hydroxylation is 2. The number of ether oxygens (including phenoxy) is 2. The molecule has 1 amide bonds. The molecule has 1 N–H and O–H groups in total. The zero-order chi connectivity index (χ0) is 18.2. The SMILES string of the molecule is COc1ccc(CCC(=O)NC(C#N)c2ccc(C)cc2)cc1OC. The van der Waals surface area contributed by atoms with Gasteiger partial charge in [0.2, 0.25) is 5.91 Å². The minimum absolute atomic E-state index is 0.165. The highest BCUT2D eigenvalue weighted by atomic mass is 16.5. The van der Waals surface area contributed by atoms with Crippen molar-refractivity contribution in [3.63, 3.8) is 0 Å². The normalized spacial score (nSPS) is 11.3. The third-order valence-electron chi connectivity index (χ3n) is 3.93. The summed E-state index contributed by atoms with van der Waals surface area (Å²) in [6, 6.07) is 14.6. The second-order valence-corrected chi connectivity index (χ2v) is 5.73. The summed E-state index contributed by atoms with van der Waals surface area (Å²) in [6.07, 6.45) is 0.845. The van der Waals surface area contributed by atoms with Crippen LogP contribution in [0.5, 0.6) is 11.5 Å². The monoisotopic (exact) mass is 338 g/mol. The summed E-state index contributed by atoms with van der Waals surface area (Å²) in [7, 11) is 3.16. The smallest absolute Gasteiger partial charge is 0.221 e. The summed E-state index contributed by atoms with van der Waals surface area (Å²) >= 11 is 0. The maximum absolute atomic E-state index is 12.2. The number of methoxy groups -OCH3 is 2. The van der Waals surface area contributed by atoms with Gasteiger partial charge in [-0.2, -0.15) is 5.26 Å². The van der Waals surface area contributed by atoms with Gasteiger partial charge in [0.1, 0.15) is 6.04 Å². The lowest BCUT2D eigenvalue weighted by atomic mass is 10.1. The predicted molar refractivity (Wildman–Crippen MR) is 95.5 cm³/mol. The second kappa shape index (κ2) is 8.74. The molecule has 0 saturated heterocycles. The lowest BCUT2D eigenvalue weighted by Crippen LogP contribution is -2.27. The van der Waals surface area contributed by atoms with Crippen LogP contribution in [0.15, 0.2) is 42.5 Å². The van der Waals surface area contributed by atoms with E-state index in [9.17, 15) is 10.1 Å². The van der Waals surface area contributed by atoms with E-state index in [1.165, 1.54) is 0 Å². The van der Waals surface area contributed by atoms with Crippen molar-refractivity contribution in [3.05, 3.63) is 59.2 Å². The molecule has 2 aromatic carbocycles. The Morgan fingerprint density at radius 1 is 1.12 bits per heavy atom. The summed E-state index contributed by atoms with van der Waals surface area (Å²) in [5, 5.41) is 12.1. The van der Waals surface area contributed by atoms with Crippen molar-refractivity contribution in [1.82, 2.24) is 5.32 Å². The molecule has 1 atom stereocenters. The highest BCUT2D eigenvalue weighted by molar-refractivity contribution is 5.77. The first-order valence-electron chi connectivity index (χ1n) is 8.04. The van der Waals surface area contributed by atoms with Crippen molar-refractivity contribution in [1.29, 1.82) is 5.26 Å². The molecule has 2 rings (SSSR count). The van der Waals surface area contributed by atoms with Crippen LogP contribution in [0.25, 0.3) is 0 Å². The van der Waals surface area contributed by atoms with Crippen LogP contribution in [0.3, 0.4) is 0 Å². The molecule has 0 bridgehead atoms. The highest BCUT2D eigenvalue weighted by Gasteiger charge is 2.14. The standard InChI is InChI=1S/C20H22N2O3/c1-14-4-8-16(9-5-14)17(13-21)22-20(23)11-7-15-6-10-18(24-2)19(12-15)25-3/h4-6,8-10,12,17H,7,11H2,1-3H3,(H,22,23). The molecule has 0 fully saturated rings. The maximum Gasteiger partial charge on any atom is 0.221 e. The number of nitrogens with one attached hydrogen (secondary N) is 1. The molecule has 0 spiro atoms. The van der Waals surface area contributed by atoms with Crippen LogP contribution in [0.2, 0.25) is 0 Å². The molecule has 5 heteroatoms. The van der Waals surface area contributed by atoms with Gasteiger partial charge in [0, 0.05) is 6.42 Å². The molecule has 0 aliphatic heterocycles. The second-order valence-electron chi connectivity index (χ2n) is 5.73. The number of rotatable bonds is 7. The van der Waals surface area contributed by atoms with Crippen LogP contribution >= 0.6 is 0 Å². The van der Waals surface area contributed by atoms with E-state index in [0.29, 0.717) is 24.3 Å². The van der Waals surface area contributed by atoms with Crippen LogP contribution in [-0.4, -0.2) is 20.1 Å². The Labute approximate surface area is 148 Å². The Morgan fingerprint density at radius 3 is 2.40 bits per heavy atom. The highest BCUT2D eigenvalue weighted by Crippen LogP contribution is 2.28. The van der Waals surface area contributed by atoms with Crippen molar-refractivity contribution in [2.45, 2.75) is 25.8 Å². The molecule has 0 radical (unpaired) electrons. The molecule has 130 valence electrons. The third kappa shape index (κ3) is 4.98. The molecule has 1 unspecified atom stereocenters. The predicted octanol–water partition coefficient (Wildman–Crippen LogP) is 3.33. The van der Waals surface area contributed by atoms with E-state index in [-0.39, 0.29) is 5.91 Å². The van der Waals surface area contributed by atoms with E-state index in [0.717, 1.165) is 16.7 Å². The van der Waals surface area contributed by atoms with E-state index < -0.39 is 6.04 Å². The molecule has 25 heavy (non-hydrogen) atoms. The van der Waals surface area contributed by atoms with E-state index in [1.807, 2.05) is 49.4 Å². The van der Waals surface area contributed by atoms with E-state index >= 15 is 0 Å². The Kier molecular flexibility index (Phi) is 6.41. The number of carbonyl (C=O) groups excluding carboxylic acids is 1. The van der Waals surface area contributed by atoms with Crippen molar-refractivity contribution in [2.24, 2.45) is 0 Å². The zero-order valence-corrected chi connectivity index (χ0v) is 14.7. The van der Waals surface area contributed by atoms with Gasteiger partial charge in [-0.15, -0.1) is 0 Å². The van der Waals surface area contributed by atoms with Crippen molar-refractivity contribution >= 4 is 5.91 Å². The van der Waals surface area contributed by atoms with Crippen LogP contribution in [0.1, 0.15) is 29.2 Å². The molecule has 0 aliphatic rings. The summed E-state index contributed by atoms with van der Waals surface area (Å²) in [4.78, 5) is 12.2. The molecule has 5 nitrogen and oxygen atoms in total. The Balaban J connectivity index is 1.95. The molecular weight excluding hydrogens is 316 g/mol. The quantitative estimate of drug-likeness (QED) is 0.840. The minimum Gasteiger partial charge on any atom is -0.493 e. The number of nitriles is 1. The summed E-state index contributed by atoms with van der Waals surface area (Å²) in [6.45, 7) is 1.98. The molecular formula is C20H22N2O3. The fourth-order valence-corrected chi connectivity index (χ4v) is 2.48. The van der Waals surface area contributed by atoms with Crippen molar-refractivity contribution in [3.8, 4) is 17.6 Å². The Hall–Kier alpha value is -3.00. The van der Waals surface area contributed by atoms with Gasteiger partial charge in [0.25, 0.3) is 0 Å². The van der Waals surface area contributed by atoms with Gasteiger partial charge < -0.3 is 14.8 Å². The zero-order valence-electron chi connectivity index (χ0n) is 14.7. The number of hydrogen-bond donors (Lipinski definition) is 1. The van der Waals surface area contributed by atoms with E-state index in [1.54, 1.807) is 14.2 Å². The first-order chi connectivity index (χ1) is 12.1.